The quantitative estimate of drug-likeness (QED) is 0.833. The zero-order chi connectivity index (χ0) is 12.1. The molecule has 0 saturated heterocycles. The molecule has 2 nitrogen and oxygen atoms in total. The van der Waals surface area contributed by atoms with Crippen LogP contribution in [0.4, 0.5) is 10.1 Å². The molecule has 0 aliphatic carbocycles. The molecule has 1 aromatic rings. The molecule has 0 amide bonds. The lowest BCUT2D eigenvalue weighted by Gasteiger charge is -2.30. The molecular weight excluding hydrogens is 203 g/mol. The molecule has 90 valence electrons. The van der Waals surface area contributed by atoms with Gasteiger partial charge in [0.25, 0.3) is 0 Å². The SMILES string of the molecule is CCCN(c1ccc(F)cc1CN)C(C)C. The Bertz CT molecular complexity index is 337. The van der Waals surface area contributed by atoms with Crippen LogP contribution in [0.15, 0.2) is 18.2 Å². The molecular formula is C13H21FN2. The average molecular weight is 224 g/mol. The Morgan fingerprint density at radius 2 is 2.06 bits per heavy atom. The zero-order valence-corrected chi connectivity index (χ0v) is 10.3. The molecule has 16 heavy (non-hydrogen) atoms. The van der Waals surface area contributed by atoms with Gasteiger partial charge in [-0.2, -0.15) is 0 Å². The first-order valence-electron chi connectivity index (χ1n) is 5.85. The summed E-state index contributed by atoms with van der Waals surface area (Å²) in [5.74, 6) is -0.218. The van der Waals surface area contributed by atoms with E-state index >= 15 is 0 Å². The van der Waals surface area contributed by atoms with E-state index in [9.17, 15) is 4.39 Å². The van der Waals surface area contributed by atoms with Gasteiger partial charge in [0.2, 0.25) is 0 Å². The molecule has 0 saturated carbocycles. The highest BCUT2D eigenvalue weighted by atomic mass is 19.1. The van der Waals surface area contributed by atoms with Crippen molar-refractivity contribution in [2.24, 2.45) is 5.73 Å². The third-order valence-corrected chi connectivity index (χ3v) is 2.66. The van der Waals surface area contributed by atoms with Gasteiger partial charge in [-0.1, -0.05) is 6.92 Å². The molecule has 0 aromatic heterocycles. The second kappa shape index (κ2) is 5.85. The first kappa shape index (κ1) is 13.0. The fourth-order valence-corrected chi connectivity index (χ4v) is 1.90. The molecule has 0 spiro atoms. The summed E-state index contributed by atoms with van der Waals surface area (Å²) < 4.78 is 13.1. The highest BCUT2D eigenvalue weighted by Gasteiger charge is 2.13. The maximum absolute atomic E-state index is 13.1. The van der Waals surface area contributed by atoms with Gasteiger partial charge in [0.1, 0.15) is 5.82 Å². The number of hydrogen-bond acceptors (Lipinski definition) is 2. The Labute approximate surface area is 97.3 Å². The van der Waals surface area contributed by atoms with Crippen molar-refractivity contribution in [3.63, 3.8) is 0 Å². The van der Waals surface area contributed by atoms with Gasteiger partial charge in [-0.25, -0.2) is 4.39 Å². The number of halogens is 1. The van der Waals surface area contributed by atoms with Gasteiger partial charge >= 0.3 is 0 Å². The van der Waals surface area contributed by atoms with E-state index in [1.165, 1.54) is 12.1 Å². The monoisotopic (exact) mass is 224 g/mol. The molecule has 1 aromatic carbocycles. The Morgan fingerprint density at radius 3 is 2.56 bits per heavy atom. The minimum Gasteiger partial charge on any atom is -0.369 e. The molecule has 0 aliphatic heterocycles. The maximum atomic E-state index is 13.1. The van der Waals surface area contributed by atoms with Crippen LogP contribution in [-0.2, 0) is 6.54 Å². The Morgan fingerprint density at radius 1 is 1.38 bits per heavy atom. The van der Waals surface area contributed by atoms with Gasteiger partial charge in [-0.05, 0) is 44.0 Å². The first-order chi connectivity index (χ1) is 7.60. The van der Waals surface area contributed by atoms with Crippen LogP contribution in [-0.4, -0.2) is 12.6 Å². The number of nitrogens with zero attached hydrogens (tertiary/aromatic N) is 1. The van der Waals surface area contributed by atoms with Gasteiger partial charge in [-0.3, -0.25) is 0 Å². The van der Waals surface area contributed by atoms with Crippen molar-refractivity contribution >= 4 is 5.69 Å². The van der Waals surface area contributed by atoms with Gasteiger partial charge in [0.15, 0.2) is 0 Å². The van der Waals surface area contributed by atoms with Gasteiger partial charge in [-0.15, -0.1) is 0 Å². The van der Waals surface area contributed by atoms with Gasteiger partial charge < -0.3 is 10.6 Å². The molecule has 1 rings (SSSR count). The van der Waals surface area contributed by atoms with E-state index in [1.807, 2.05) is 6.07 Å². The molecule has 0 heterocycles. The summed E-state index contributed by atoms with van der Waals surface area (Å²) in [5.41, 5.74) is 7.59. The van der Waals surface area contributed by atoms with E-state index < -0.39 is 0 Å². The summed E-state index contributed by atoms with van der Waals surface area (Å²) in [4.78, 5) is 2.27. The molecule has 0 unspecified atom stereocenters. The number of hydrogen-bond donors (Lipinski definition) is 1. The van der Waals surface area contributed by atoms with Crippen molar-refractivity contribution in [3.05, 3.63) is 29.6 Å². The average Bonchev–Trinajstić information content (AvgIpc) is 2.26. The Hall–Kier alpha value is -1.09. The zero-order valence-electron chi connectivity index (χ0n) is 10.3. The summed E-state index contributed by atoms with van der Waals surface area (Å²) in [7, 11) is 0. The highest BCUT2D eigenvalue weighted by molar-refractivity contribution is 5.54. The van der Waals surface area contributed by atoms with E-state index in [1.54, 1.807) is 0 Å². The second-order valence-electron chi connectivity index (χ2n) is 4.26. The van der Waals surface area contributed by atoms with Crippen LogP contribution in [0.25, 0.3) is 0 Å². The van der Waals surface area contributed by atoms with Crippen molar-refractivity contribution in [2.45, 2.75) is 39.8 Å². The van der Waals surface area contributed by atoms with Crippen molar-refractivity contribution in [3.8, 4) is 0 Å². The minimum atomic E-state index is -0.218. The normalized spacial score (nSPS) is 10.9. The van der Waals surface area contributed by atoms with E-state index in [-0.39, 0.29) is 5.82 Å². The molecule has 0 atom stereocenters. The van der Waals surface area contributed by atoms with Gasteiger partial charge in [0.05, 0.1) is 0 Å². The fraction of sp³-hybridized carbons (Fsp3) is 0.538. The number of rotatable bonds is 5. The minimum absolute atomic E-state index is 0.218. The smallest absolute Gasteiger partial charge is 0.123 e. The van der Waals surface area contributed by atoms with Crippen LogP contribution in [0, 0.1) is 5.82 Å². The third-order valence-electron chi connectivity index (χ3n) is 2.66. The Balaban J connectivity index is 3.07. The molecule has 0 bridgehead atoms. The maximum Gasteiger partial charge on any atom is 0.123 e. The summed E-state index contributed by atoms with van der Waals surface area (Å²) in [5, 5.41) is 0. The van der Waals surface area contributed by atoms with Crippen molar-refractivity contribution < 1.29 is 4.39 Å². The highest BCUT2D eigenvalue weighted by Crippen LogP contribution is 2.23. The predicted octanol–water partition coefficient (Wildman–Crippen LogP) is 2.91. The van der Waals surface area contributed by atoms with Crippen molar-refractivity contribution in [1.29, 1.82) is 0 Å². The summed E-state index contributed by atoms with van der Waals surface area (Å²) >= 11 is 0. The second-order valence-corrected chi connectivity index (χ2v) is 4.26. The van der Waals surface area contributed by atoms with E-state index in [4.69, 9.17) is 5.73 Å². The first-order valence-corrected chi connectivity index (χ1v) is 5.85. The van der Waals surface area contributed by atoms with E-state index in [2.05, 4.69) is 25.7 Å². The predicted molar refractivity (Wildman–Crippen MR) is 67.1 cm³/mol. The van der Waals surface area contributed by atoms with E-state index in [0.29, 0.717) is 12.6 Å². The number of nitrogens with two attached hydrogens (primary N) is 1. The summed E-state index contributed by atoms with van der Waals surface area (Å²) in [6.45, 7) is 7.76. The molecule has 0 aliphatic rings. The number of benzene rings is 1. The topological polar surface area (TPSA) is 29.3 Å². The van der Waals surface area contributed by atoms with Crippen LogP contribution in [0.1, 0.15) is 32.8 Å². The van der Waals surface area contributed by atoms with Crippen molar-refractivity contribution in [2.75, 3.05) is 11.4 Å². The van der Waals surface area contributed by atoms with Crippen LogP contribution in [0.5, 0.6) is 0 Å². The summed E-state index contributed by atoms with van der Waals surface area (Å²) in [6.07, 6.45) is 1.07. The Kier molecular flexibility index (Phi) is 4.74. The lowest BCUT2D eigenvalue weighted by molar-refractivity contribution is 0.621. The molecule has 0 fully saturated rings. The van der Waals surface area contributed by atoms with Crippen LogP contribution in [0.2, 0.25) is 0 Å². The van der Waals surface area contributed by atoms with E-state index in [0.717, 1.165) is 24.2 Å². The van der Waals surface area contributed by atoms with Crippen LogP contribution in [0.3, 0.4) is 0 Å². The molecule has 0 radical (unpaired) electrons. The van der Waals surface area contributed by atoms with Gasteiger partial charge in [0, 0.05) is 24.8 Å². The summed E-state index contributed by atoms with van der Waals surface area (Å²) in [6, 6.07) is 5.25. The molecule has 3 heteroatoms. The lowest BCUT2D eigenvalue weighted by Crippen LogP contribution is -2.32. The lowest BCUT2D eigenvalue weighted by atomic mass is 10.1. The van der Waals surface area contributed by atoms with Crippen LogP contribution >= 0.6 is 0 Å². The van der Waals surface area contributed by atoms with Crippen LogP contribution < -0.4 is 10.6 Å². The third kappa shape index (κ3) is 2.95. The standard InChI is InChI=1S/C13H21FN2/c1-4-7-16(10(2)3)13-6-5-12(14)8-11(13)9-15/h5-6,8,10H,4,7,9,15H2,1-3H3. The number of anilines is 1. The van der Waals surface area contributed by atoms with Crippen molar-refractivity contribution in [1.82, 2.24) is 0 Å². The molecule has 2 N–H and O–H groups in total. The fourth-order valence-electron chi connectivity index (χ4n) is 1.90. The largest absolute Gasteiger partial charge is 0.369 e.